The van der Waals surface area contributed by atoms with Crippen molar-refractivity contribution in [1.29, 1.82) is 0 Å². The van der Waals surface area contributed by atoms with Gasteiger partial charge in [-0.15, -0.1) is 4.98 Å². The third-order valence-corrected chi connectivity index (χ3v) is 3.31. The normalized spacial score (nSPS) is 9.54. The van der Waals surface area contributed by atoms with Gasteiger partial charge in [0.1, 0.15) is 5.82 Å². The molecule has 0 spiro atoms. The highest BCUT2D eigenvalue weighted by molar-refractivity contribution is 6.04. The van der Waals surface area contributed by atoms with Crippen LogP contribution < -0.4 is 5.32 Å². The molecular weight excluding hydrogens is 331 g/mol. The van der Waals surface area contributed by atoms with Gasteiger partial charge >= 0.3 is 0 Å². The Bertz CT molecular complexity index is 1060. The molecule has 3 rings (SSSR count). The molecule has 0 fully saturated rings. The van der Waals surface area contributed by atoms with Crippen molar-refractivity contribution in [3.05, 3.63) is 95.0 Å². The van der Waals surface area contributed by atoms with E-state index in [-0.39, 0.29) is 11.4 Å². The zero-order valence-corrected chi connectivity index (χ0v) is 13.4. The number of carbonyl (C=O) groups is 1. The number of pyridine rings is 2. The number of amides is 1. The van der Waals surface area contributed by atoms with Gasteiger partial charge in [0, 0.05) is 11.8 Å². The topological polar surface area (TPSA) is 59.2 Å². The molecule has 0 aliphatic heterocycles. The first-order chi connectivity index (χ1) is 12.7. The molecule has 0 aliphatic rings. The first-order valence-corrected chi connectivity index (χ1v) is 7.53. The lowest BCUT2D eigenvalue weighted by Gasteiger charge is -2.06. The van der Waals surface area contributed by atoms with Crippen LogP contribution in [0.4, 0.5) is 15.9 Å². The highest BCUT2D eigenvalue weighted by Crippen LogP contribution is 2.13. The Kier molecular flexibility index (Phi) is 4.98. The molecular formula is C20H11FN4O. The molecule has 1 amide bonds. The lowest BCUT2D eigenvalue weighted by atomic mass is 10.1. The lowest BCUT2D eigenvalue weighted by Crippen LogP contribution is -2.14. The Hall–Kier alpha value is -4.03. The number of hydrogen-bond acceptors (Lipinski definition) is 3. The first kappa shape index (κ1) is 16.8. The van der Waals surface area contributed by atoms with Crippen molar-refractivity contribution >= 4 is 17.4 Å². The summed E-state index contributed by atoms with van der Waals surface area (Å²) in [5, 5.41) is 2.58. The van der Waals surface area contributed by atoms with Crippen molar-refractivity contribution in [3.8, 4) is 11.8 Å². The number of halogens is 1. The van der Waals surface area contributed by atoms with E-state index in [9.17, 15) is 9.18 Å². The maximum atomic E-state index is 14.0. The van der Waals surface area contributed by atoms with Crippen LogP contribution in [0.3, 0.4) is 0 Å². The standard InChI is InChI=1S/C20H11FN4O/c1-22-19-6-2-4-15(24-19)9-7-14-8-10-18(21)17(12-14)20(26)25-16-5-3-11-23-13-16/h2-6,8,10-13H,(H,25,26). The molecule has 0 saturated heterocycles. The number of carbonyl (C=O) groups excluding carboxylic acids is 1. The quantitative estimate of drug-likeness (QED) is 0.569. The second-order valence-corrected chi connectivity index (χ2v) is 5.13. The molecule has 1 N–H and O–H groups in total. The molecule has 0 aliphatic carbocycles. The smallest absolute Gasteiger partial charge is 0.270 e. The maximum Gasteiger partial charge on any atom is 0.270 e. The Labute approximate surface area is 149 Å². The Morgan fingerprint density at radius 1 is 1.15 bits per heavy atom. The summed E-state index contributed by atoms with van der Waals surface area (Å²) in [7, 11) is 0. The molecule has 2 aromatic heterocycles. The molecule has 0 saturated carbocycles. The van der Waals surface area contributed by atoms with E-state index >= 15 is 0 Å². The van der Waals surface area contributed by atoms with Crippen LogP contribution in [0, 0.1) is 24.2 Å². The van der Waals surface area contributed by atoms with Crippen LogP contribution >= 0.6 is 0 Å². The minimum absolute atomic E-state index is 0.122. The highest BCUT2D eigenvalue weighted by Gasteiger charge is 2.12. The molecule has 6 heteroatoms. The summed E-state index contributed by atoms with van der Waals surface area (Å²) in [6, 6.07) is 12.3. The van der Waals surface area contributed by atoms with Crippen molar-refractivity contribution in [2.24, 2.45) is 0 Å². The monoisotopic (exact) mass is 342 g/mol. The van der Waals surface area contributed by atoms with Gasteiger partial charge in [0.05, 0.1) is 17.4 Å². The SMILES string of the molecule is [C-]#[N+]c1cccc(C#Cc2ccc(F)c(C(=O)Nc3cccnc3)c2)n1. The summed E-state index contributed by atoms with van der Waals surface area (Å²) in [5.74, 6) is 4.63. The minimum atomic E-state index is -0.648. The van der Waals surface area contributed by atoms with Crippen molar-refractivity contribution in [2.75, 3.05) is 5.32 Å². The van der Waals surface area contributed by atoms with E-state index in [2.05, 4.69) is 32.0 Å². The van der Waals surface area contributed by atoms with Gasteiger partial charge in [-0.3, -0.25) is 9.78 Å². The van der Waals surface area contributed by atoms with Crippen LogP contribution in [0.15, 0.2) is 60.9 Å². The summed E-state index contributed by atoms with van der Waals surface area (Å²) >= 11 is 0. The van der Waals surface area contributed by atoms with E-state index < -0.39 is 11.7 Å². The van der Waals surface area contributed by atoms with Gasteiger partial charge in [-0.2, -0.15) is 0 Å². The van der Waals surface area contributed by atoms with Crippen LogP contribution in [0.5, 0.6) is 0 Å². The van der Waals surface area contributed by atoms with Crippen LogP contribution in [-0.2, 0) is 0 Å². The average molecular weight is 342 g/mol. The molecule has 3 aromatic rings. The Balaban J connectivity index is 1.85. The van der Waals surface area contributed by atoms with Crippen LogP contribution in [0.1, 0.15) is 21.6 Å². The zero-order valence-electron chi connectivity index (χ0n) is 13.4. The number of nitrogens with one attached hydrogen (secondary N) is 1. The summed E-state index contributed by atoms with van der Waals surface area (Å²) < 4.78 is 14.0. The maximum absolute atomic E-state index is 14.0. The fourth-order valence-corrected chi connectivity index (χ4v) is 2.10. The van der Waals surface area contributed by atoms with Gasteiger partial charge in [0.25, 0.3) is 11.7 Å². The number of hydrogen-bond donors (Lipinski definition) is 1. The number of rotatable bonds is 2. The van der Waals surface area contributed by atoms with E-state index in [4.69, 9.17) is 6.57 Å². The minimum Gasteiger partial charge on any atom is -0.361 e. The summed E-state index contributed by atoms with van der Waals surface area (Å²) in [6.07, 6.45) is 3.04. The molecule has 0 bridgehead atoms. The van der Waals surface area contributed by atoms with Crippen molar-refractivity contribution < 1.29 is 9.18 Å². The average Bonchev–Trinajstić information content (AvgIpc) is 2.68. The third-order valence-electron chi connectivity index (χ3n) is 3.31. The first-order valence-electron chi connectivity index (χ1n) is 7.53. The fraction of sp³-hybridized carbons (Fsp3) is 0. The van der Waals surface area contributed by atoms with Crippen molar-refractivity contribution in [1.82, 2.24) is 9.97 Å². The molecule has 26 heavy (non-hydrogen) atoms. The highest BCUT2D eigenvalue weighted by atomic mass is 19.1. The summed E-state index contributed by atoms with van der Waals surface area (Å²) in [6.45, 7) is 6.95. The number of aromatic nitrogens is 2. The molecule has 124 valence electrons. The Morgan fingerprint density at radius 3 is 2.81 bits per heavy atom. The predicted molar refractivity (Wildman–Crippen MR) is 95.1 cm³/mol. The van der Waals surface area contributed by atoms with Crippen LogP contribution in [-0.4, -0.2) is 15.9 Å². The van der Waals surface area contributed by atoms with Gasteiger partial charge in [-0.05, 0) is 48.4 Å². The van der Waals surface area contributed by atoms with E-state index in [0.29, 0.717) is 16.9 Å². The lowest BCUT2D eigenvalue weighted by molar-refractivity contribution is 0.102. The second-order valence-electron chi connectivity index (χ2n) is 5.13. The number of anilines is 1. The molecule has 2 heterocycles. The summed E-state index contributed by atoms with van der Waals surface area (Å²) in [4.78, 5) is 23.4. The van der Waals surface area contributed by atoms with E-state index in [0.717, 1.165) is 0 Å². The molecule has 0 radical (unpaired) electrons. The van der Waals surface area contributed by atoms with E-state index in [1.807, 2.05) is 0 Å². The molecule has 5 nitrogen and oxygen atoms in total. The zero-order chi connectivity index (χ0) is 18.4. The van der Waals surface area contributed by atoms with E-state index in [1.54, 1.807) is 36.5 Å². The van der Waals surface area contributed by atoms with Gasteiger partial charge in [0.2, 0.25) is 5.69 Å². The van der Waals surface area contributed by atoms with Gasteiger partial charge in [-0.25, -0.2) is 4.39 Å². The second kappa shape index (κ2) is 7.69. The van der Waals surface area contributed by atoms with Crippen LogP contribution in [0.25, 0.3) is 4.85 Å². The molecule has 0 atom stereocenters. The predicted octanol–water partition coefficient (Wildman–Crippen LogP) is 3.82. The van der Waals surface area contributed by atoms with E-state index in [1.165, 1.54) is 24.4 Å². The van der Waals surface area contributed by atoms with Gasteiger partial charge in [0.15, 0.2) is 0 Å². The molecule has 1 aromatic carbocycles. The summed E-state index contributed by atoms with van der Waals surface area (Å²) in [5.41, 5.74) is 1.22. The molecule has 0 unspecified atom stereocenters. The number of nitrogens with zero attached hydrogens (tertiary/aromatic N) is 3. The Morgan fingerprint density at radius 2 is 2.04 bits per heavy atom. The van der Waals surface area contributed by atoms with Gasteiger partial charge in [-0.1, -0.05) is 18.6 Å². The van der Waals surface area contributed by atoms with Crippen molar-refractivity contribution in [3.63, 3.8) is 0 Å². The van der Waals surface area contributed by atoms with Gasteiger partial charge < -0.3 is 10.2 Å². The number of benzene rings is 1. The third kappa shape index (κ3) is 4.08. The van der Waals surface area contributed by atoms with Crippen LogP contribution in [0.2, 0.25) is 0 Å². The van der Waals surface area contributed by atoms with Crippen molar-refractivity contribution in [2.45, 2.75) is 0 Å². The largest absolute Gasteiger partial charge is 0.361 e. The fourth-order valence-electron chi connectivity index (χ4n) is 2.10.